The van der Waals surface area contributed by atoms with Gasteiger partial charge in [0.1, 0.15) is 11.5 Å². The number of ketones is 1. The molecule has 0 spiro atoms. The Morgan fingerprint density at radius 2 is 1.54 bits per heavy atom. The Morgan fingerprint density at radius 1 is 1.00 bits per heavy atom. The molecule has 0 atom stereocenters. The van der Waals surface area contributed by atoms with Gasteiger partial charge in [-0.2, -0.15) is 8.42 Å². The summed E-state index contributed by atoms with van der Waals surface area (Å²) >= 11 is 0. The quantitative estimate of drug-likeness (QED) is 0.534. The van der Waals surface area contributed by atoms with Crippen LogP contribution in [-0.4, -0.2) is 31.5 Å². The van der Waals surface area contributed by atoms with Crippen LogP contribution in [0.1, 0.15) is 30.4 Å². The second-order valence-electron chi connectivity index (χ2n) is 6.30. The van der Waals surface area contributed by atoms with Crippen molar-refractivity contribution in [2.45, 2.75) is 24.0 Å². The molecule has 0 saturated heterocycles. The van der Waals surface area contributed by atoms with Crippen molar-refractivity contribution in [2.24, 2.45) is 5.73 Å². The molecule has 0 bridgehead atoms. The van der Waals surface area contributed by atoms with E-state index in [1.54, 1.807) is 36.4 Å². The Kier molecular flexibility index (Phi) is 5.39. The molecule has 8 nitrogen and oxygen atoms in total. The van der Waals surface area contributed by atoms with Gasteiger partial charge in [0.05, 0.1) is 6.61 Å². The highest BCUT2D eigenvalue weighted by Crippen LogP contribution is 2.51. The van der Waals surface area contributed by atoms with Crippen molar-refractivity contribution in [3.63, 3.8) is 0 Å². The molecule has 9 heteroatoms. The Morgan fingerprint density at radius 3 is 2.04 bits per heavy atom. The monoisotopic (exact) mass is 405 g/mol. The van der Waals surface area contributed by atoms with Gasteiger partial charge in [0, 0.05) is 17.5 Å². The molecule has 2 aromatic carbocycles. The molecule has 1 aliphatic rings. The molecule has 1 heterocycles. The summed E-state index contributed by atoms with van der Waals surface area (Å²) in [6.45, 7) is 0.0117. The number of ether oxygens (including phenoxy) is 2. The number of carbonyl (C=O) groups is 2. The summed E-state index contributed by atoms with van der Waals surface area (Å²) in [6.07, 6.45) is -0.525. The van der Waals surface area contributed by atoms with E-state index >= 15 is 0 Å². The van der Waals surface area contributed by atoms with Crippen LogP contribution in [0.15, 0.2) is 48.5 Å². The maximum absolute atomic E-state index is 13.3. The van der Waals surface area contributed by atoms with Crippen LogP contribution in [0.4, 0.5) is 4.79 Å². The molecule has 0 fully saturated rings. The maximum Gasteiger partial charge on any atom is 0.404 e. The normalized spacial score (nSPS) is 14.3. The Hall–Kier alpha value is -2.91. The smallest absolute Gasteiger partial charge is 0.404 e. The summed E-state index contributed by atoms with van der Waals surface area (Å²) in [7, 11) is -4.90. The second-order valence-corrected chi connectivity index (χ2v) is 7.86. The summed E-state index contributed by atoms with van der Waals surface area (Å²) in [5.41, 5.74) is 5.01. The first-order valence-corrected chi connectivity index (χ1v) is 10.0. The first-order valence-electron chi connectivity index (χ1n) is 8.58. The lowest BCUT2D eigenvalue weighted by molar-refractivity contribution is -0.121. The van der Waals surface area contributed by atoms with Crippen LogP contribution >= 0.6 is 0 Å². The van der Waals surface area contributed by atoms with Crippen molar-refractivity contribution in [2.75, 3.05) is 6.61 Å². The van der Waals surface area contributed by atoms with E-state index in [1.165, 1.54) is 12.1 Å². The minimum Gasteiger partial charge on any atom is -0.457 e. The van der Waals surface area contributed by atoms with Gasteiger partial charge >= 0.3 is 6.09 Å². The maximum atomic E-state index is 13.3. The number of rotatable bonds is 7. The predicted octanol–water partition coefficient (Wildman–Crippen LogP) is 2.76. The van der Waals surface area contributed by atoms with E-state index in [9.17, 15) is 22.6 Å². The molecule has 1 amide bonds. The topological polar surface area (TPSA) is 133 Å². The third-order valence-corrected chi connectivity index (χ3v) is 6.02. The number of amides is 1. The fourth-order valence-electron chi connectivity index (χ4n) is 3.42. The molecule has 0 saturated carbocycles. The first-order chi connectivity index (χ1) is 13.3. The van der Waals surface area contributed by atoms with Gasteiger partial charge in [-0.1, -0.05) is 36.4 Å². The molecule has 3 N–H and O–H groups in total. The van der Waals surface area contributed by atoms with Crippen LogP contribution in [0.5, 0.6) is 11.5 Å². The molecule has 2 aromatic rings. The lowest BCUT2D eigenvalue weighted by Crippen LogP contribution is -2.46. The summed E-state index contributed by atoms with van der Waals surface area (Å²) < 4.78 is 43.6. The Bertz CT molecular complexity index is 971. The van der Waals surface area contributed by atoms with E-state index in [2.05, 4.69) is 4.74 Å². The van der Waals surface area contributed by atoms with Gasteiger partial charge in [-0.25, -0.2) is 4.79 Å². The molecule has 1 aliphatic heterocycles. The van der Waals surface area contributed by atoms with Gasteiger partial charge in [0.2, 0.25) is 4.75 Å². The number of hydrogen-bond donors (Lipinski definition) is 2. The summed E-state index contributed by atoms with van der Waals surface area (Å²) in [5.74, 6) is -0.328. The van der Waals surface area contributed by atoms with Crippen LogP contribution in [0, 0.1) is 0 Å². The minimum absolute atomic E-state index is 0.0117. The average molecular weight is 405 g/mol. The highest BCUT2D eigenvalue weighted by molar-refractivity contribution is 7.88. The number of primary amides is 1. The summed E-state index contributed by atoms with van der Waals surface area (Å²) in [6, 6.07) is 12.4. The van der Waals surface area contributed by atoms with Gasteiger partial charge in [0.15, 0.2) is 5.78 Å². The summed E-state index contributed by atoms with van der Waals surface area (Å²) in [5, 5.41) is 0. The number of fused-ring (bicyclic) bond motifs is 2. The molecule has 28 heavy (non-hydrogen) atoms. The lowest BCUT2D eigenvalue weighted by atomic mass is 9.82. The van der Waals surface area contributed by atoms with Crippen molar-refractivity contribution < 1.29 is 32.0 Å². The van der Waals surface area contributed by atoms with E-state index in [-0.39, 0.29) is 42.1 Å². The number of carbonyl (C=O) groups excluding carboxylic acids is 2. The molecular weight excluding hydrogens is 386 g/mol. The fourth-order valence-corrected chi connectivity index (χ4v) is 4.70. The largest absolute Gasteiger partial charge is 0.457 e. The zero-order valence-corrected chi connectivity index (χ0v) is 15.6. The lowest BCUT2D eigenvalue weighted by Gasteiger charge is -2.36. The van der Waals surface area contributed by atoms with Crippen molar-refractivity contribution in [3.05, 3.63) is 59.7 Å². The van der Waals surface area contributed by atoms with E-state index in [4.69, 9.17) is 10.5 Å². The number of Topliss-reactive ketones (excluding diaryl/α,β-unsaturated/α-hetero) is 1. The summed E-state index contributed by atoms with van der Waals surface area (Å²) in [4.78, 5) is 23.9. The number of benzene rings is 2. The first kappa shape index (κ1) is 19.8. The van der Waals surface area contributed by atoms with Gasteiger partial charge in [-0.15, -0.1) is 0 Å². The van der Waals surface area contributed by atoms with Crippen LogP contribution in [0.25, 0.3) is 0 Å². The fraction of sp³-hybridized carbons (Fsp3) is 0.263. The zero-order chi connectivity index (χ0) is 20.4. The minimum atomic E-state index is -4.90. The average Bonchev–Trinajstić information content (AvgIpc) is 2.64. The van der Waals surface area contributed by atoms with Crippen LogP contribution in [-0.2, 0) is 24.4 Å². The molecule has 0 radical (unpaired) electrons. The predicted molar refractivity (Wildman–Crippen MR) is 99.7 cm³/mol. The molecule has 148 valence electrons. The van der Waals surface area contributed by atoms with Crippen molar-refractivity contribution in [3.8, 4) is 11.5 Å². The number of para-hydroxylation sites is 2. The van der Waals surface area contributed by atoms with E-state index < -0.39 is 26.7 Å². The number of hydrogen-bond acceptors (Lipinski definition) is 6. The number of nitrogens with two attached hydrogens (primary N) is 1. The third kappa shape index (κ3) is 3.34. The van der Waals surface area contributed by atoms with Crippen molar-refractivity contribution >= 4 is 22.0 Å². The molecule has 3 rings (SSSR count). The molecule has 0 aliphatic carbocycles. The molecule has 0 unspecified atom stereocenters. The van der Waals surface area contributed by atoms with Crippen molar-refractivity contribution in [1.82, 2.24) is 0 Å². The number of unbranched alkanes of at least 4 members (excludes halogenated alkanes) is 1. The van der Waals surface area contributed by atoms with Gasteiger partial charge < -0.3 is 15.2 Å². The van der Waals surface area contributed by atoms with Crippen LogP contribution < -0.4 is 10.5 Å². The molecule has 0 aromatic heterocycles. The van der Waals surface area contributed by atoms with Crippen LogP contribution in [0.3, 0.4) is 0 Å². The van der Waals surface area contributed by atoms with Gasteiger partial charge in [-0.05, 0) is 25.0 Å². The van der Waals surface area contributed by atoms with E-state index in [1.807, 2.05) is 0 Å². The van der Waals surface area contributed by atoms with E-state index in [0.717, 1.165) is 0 Å². The third-order valence-electron chi connectivity index (χ3n) is 4.57. The van der Waals surface area contributed by atoms with Gasteiger partial charge in [-0.3, -0.25) is 9.35 Å². The molecular formula is C19H19NO7S. The van der Waals surface area contributed by atoms with Crippen molar-refractivity contribution in [1.29, 1.82) is 0 Å². The standard InChI is InChI=1S/C19H19NO7S/c20-18(22)26-12-6-5-11-17(21)19(28(23,24)25)13-7-1-3-9-15(13)27-16-10-4-2-8-14(16)19/h1-4,7-10H,5-6,11-12H2,(H2,20,22)(H,23,24,25). The zero-order valence-electron chi connectivity index (χ0n) is 14.8. The SMILES string of the molecule is NC(=O)OCCCCC(=O)C1(S(=O)(=O)O)c2ccccc2Oc2ccccc21. The highest BCUT2D eigenvalue weighted by Gasteiger charge is 2.57. The Labute approximate surface area is 162 Å². The highest BCUT2D eigenvalue weighted by atomic mass is 32.2. The Balaban J connectivity index is 2.05. The van der Waals surface area contributed by atoms with Crippen LogP contribution in [0.2, 0.25) is 0 Å². The van der Waals surface area contributed by atoms with Gasteiger partial charge in [0.25, 0.3) is 10.1 Å². The van der Waals surface area contributed by atoms with E-state index in [0.29, 0.717) is 6.42 Å². The second kappa shape index (κ2) is 7.61.